The predicted octanol–water partition coefficient (Wildman–Crippen LogP) is 3.94. The second-order valence-corrected chi connectivity index (χ2v) is 12.4. The van der Waals surface area contributed by atoms with E-state index in [0.29, 0.717) is 12.3 Å². The highest BCUT2D eigenvalue weighted by Gasteiger charge is 2.67. The molecule has 0 aromatic carbocycles. The van der Waals surface area contributed by atoms with Gasteiger partial charge in [-0.25, -0.2) is 0 Å². The van der Waals surface area contributed by atoms with E-state index in [1.165, 1.54) is 0 Å². The zero-order valence-electron chi connectivity index (χ0n) is 20.0. The first-order valence-electron chi connectivity index (χ1n) is 12.7. The molecule has 0 spiro atoms. The number of hydrogen-bond donors (Lipinski definition) is 4. The van der Waals surface area contributed by atoms with Gasteiger partial charge in [0.15, 0.2) is 0 Å². The van der Waals surface area contributed by atoms with E-state index in [1.54, 1.807) is 6.92 Å². The molecule has 0 heterocycles. The Hall–Kier alpha value is -0.650. The zero-order chi connectivity index (χ0) is 22.9. The van der Waals surface area contributed by atoms with E-state index in [4.69, 9.17) is 0 Å². The Kier molecular flexibility index (Phi) is 6.06. The van der Waals surface area contributed by atoms with Crippen molar-refractivity contribution < 1.29 is 25.2 Å². The van der Waals surface area contributed by atoms with Crippen molar-refractivity contribution in [2.75, 3.05) is 0 Å². The van der Waals surface area contributed by atoms with Crippen LogP contribution in [0.25, 0.3) is 0 Å². The molecular formula is C26H44O5. The molecule has 0 aliphatic heterocycles. The first-order valence-corrected chi connectivity index (χ1v) is 12.7. The van der Waals surface area contributed by atoms with Crippen LogP contribution in [0.2, 0.25) is 0 Å². The van der Waals surface area contributed by atoms with Crippen molar-refractivity contribution in [3.8, 4) is 0 Å². The van der Waals surface area contributed by atoms with Crippen LogP contribution in [0.15, 0.2) is 0 Å². The van der Waals surface area contributed by atoms with E-state index < -0.39 is 18.2 Å². The summed E-state index contributed by atoms with van der Waals surface area (Å²) in [6.45, 7) is 10.7. The van der Waals surface area contributed by atoms with E-state index in [9.17, 15) is 25.2 Å². The van der Waals surface area contributed by atoms with Gasteiger partial charge >= 0.3 is 5.97 Å². The largest absolute Gasteiger partial charge is 0.481 e. The highest BCUT2D eigenvalue weighted by atomic mass is 16.4. The van der Waals surface area contributed by atoms with Gasteiger partial charge in [0.25, 0.3) is 0 Å². The summed E-state index contributed by atoms with van der Waals surface area (Å²) in [5.74, 6) is 0.614. The Morgan fingerprint density at radius 2 is 1.68 bits per heavy atom. The average Bonchev–Trinajstić information content (AvgIpc) is 3.06. The zero-order valence-corrected chi connectivity index (χ0v) is 20.0. The van der Waals surface area contributed by atoms with Gasteiger partial charge in [-0.05, 0) is 97.2 Å². The molecule has 31 heavy (non-hydrogen) atoms. The smallest absolute Gasteiger partial charge is 0.306 e. The lowest BCUT2D eigenvalue weighted by molar-refractivity contribution is -0.225. The lowest BCUT2D eigenvalue weighted by Gasteiger charge is -2.65. The summed E-state index contributed by atoms with van der Waals surface area (Å²) < 4.78 is 0. The van der Waals surface area contributed by atoms with Gasteiger partial charge < -0.3 is 20.4 Å². The second-order valence-electron chi connectivity index (χ2n) is 12.4. The molecule has 0 amide bonds. The molecule has 0 aromatic heterocycles. The van der Waals surface area contributed by atoms with Gasteiger partial charge in [0.2, 0.25) is 0 Å². The number of carboxylic acids is 1. The standard InChI is InChI=1S/C26H44O5/c1-13(10-14(2)24(30)31)17-6-7-18-22-20(12-21(28)26(17,18)5)25(4)9-8-16(27)11-19(25)15(3)23(22)29/h13-23,27-29H,6-12H2,1-5H3,(H,30,31)/t13-,14?,15-,16-,17-,18+,19+,20+,21+,22+,23-,25+,26-/m1/s1. The quantitative estimate of drug-likeness (QED) is 0.535. The summed E-state index contributed by atoms with van der Waals surface area (Å²) in [6, 6.07) is 0. The van der Waals surface area contributed by atoms with Gasteiger partial charge in [0, 0.05) is 0 Å². The lowest BCUT2D eigenvalue weighted by Crippen LogP contribution is -2.64. The normalized spacial score (nSPS) is 53.7. The number of aliphatic hydroxyl groups excluding tert-OH is 3. The SMILES string of the molecule is CC(C[C@@H](C)[C@H]1CC[C@H]2[C@@H]3[C@H](O)[C@H](C)[C@@H]4C[C@H](O)CC[C@]4(C)[C@H]3C[C@H](O)[C@]12C)C(=O)O. The number of hydrogen-bond acceptors (Lipinski definition) is 4. The summed E-state index contributed by atoms with van der Waals surface area (Å²) in [6.07, 6.45) is 4.87. The minimum Gasteiger partial charge on any atom is -0.481 e. The fourth-order valence-electron chi connectivity index (χ4n) is 9.40. The van der Waals surface area contributed by atoms with Gasteiger partial charge in [-0.15, -0.1) is 0 Å². The Balaban J connectivity index is 1.64. The highest BCUT2D eigenvalue weighted by Crippen LogP contribution is 2.69. The van der Waals surface area contributed by atoms with Crippen molar-refractivity contribution in [3.63, 3.8) is 0 Å². The second kappa shape index (κ2) is 7.99. The number of carbonyl (C=O) groups is 1. The molecule has 0 saturated heterocycles. The third kappa shape index (κ3) is 3.40. The van der Waals surface area contributed by atoms with E-state index in [1.807, 2.05) is 0 Å². The molecule has 13 atom stereocenters. The number of aliphatic carboxylic acids is 1. The van der Waals surface area contributed by atoms with E-state index in [-0.39, 0.29) is 58.4 Å². The van der Waals surface area contributed by atoms with Gasteiger partial charge in [-0.1, -0.05) is 34.6 Å². The Morgan fingerprint density at radius 1 is 1.00 bits per heavy atom. The fourth-order valence-corrected chi connectivity index (χ4v) is 9.40. The van der Waals surface area contributed by atoms with Crippen LogP contribution in [0.5, 0.6) is 0 Å². The van der Waals surface area contributed by atoms with E-state index in [2.05, 4.69) is 27.7 Å². The number of rotatable bonds is 4. The maximum absolute atomic E-state index is 11.6. The molecule has 178 valence electrons. The summed E-state index contributed by atoms with van der Waals surface area (Å²) in [7, 11) is 0. The maximum Gasteiger partial charge on any atom is 0.306 e. The first-order chi connectivity index (χ1) is 14.4. The van der Waals surface area contributed by atoms with Crippen LogP contribution >= 0.6 is 0 Å². The van der Waals surface area contributed by atoms with Crippen molar-refractivity contribution in [1.29, 1.82) is 0 Å². The minimum atomic E-state index is -0.745. The molecular weight excluding hydrogens is 392 g/mol. The summed E-state index contributed by atoms with van der Waals surface area (Å²) in [5, 5.41) is 42.9. The van der Waals surface area contributed by atoms with E-state index in [0.717, 1.165) is 38.5 Å². The Morgan fingerprint density at radius 3 is 2.32 bits per heavy atom. The van der Waals surface area contributed by atoms with Gasteiger partial charge in [0.1, 0.15) is 0 Å². The van der Waals surface area contributed by atoms with E-state index >= 15 is 0 Å². The molecule has 4 saturated carbocycles. The van der Waals surface area contributed by atoms with Crippen LogP contribution in [0.4, 0.5) is 0 Å². The topological polar surface area (TPSA) is 98.0 Å². The van der Waals surface area contributed by atoms with Crippen LogP contribution in [0.3, 0.4) is 0 Å². The van der Waals surface area contributed by atoms with Crippen LogP contribution in [0, 0.1) is 58.2 Å². The first kappa shape index (κ1) is 23.5. The molecule has 4 N–H and O–H groups in total. The molecule has 0 bridgehead atoms. The Labute approximate surface area is 187 Å². The van der Waals surface area contributed by atoms with Gasteiger partial charge in [-0.3, -0.25) is 4.79 Å². The van der Waals surface area contributed by atoms with Crippen LogP contribution in [-0.4, -0.2) is 44.7 Å². The highest BCUT2D eigenvalue weighted by molar-refractivity contribution is 5.69. The van der Waals surface area contributed by atoms with Crippen molar-refractivity contribution in [3.05, 3.63) is 0 Å². The van der Waals surface area contributed by atoms with Gasteiger partial charge in [-0.2, -0.15) is 0 Å². The number of aliphatic hydroxyl groups is 3. The lowest BCUT2D eigenvalue weighted by atomic mass is 9.41. The predicted molar refractivity (Wildman–Crippen MR) is 119 cm³/mol. The molecule has 5 nitrogen and oxygen atoms in total. The molecule has 4 fully saturated rings. The number of carboxylic acid groups (broad SMARTS) is 1. The van der Waals surface area contributed by atoms with Crippen LogP contribution in [0.1, 0.15) is 79.6 Å². The number of fused-ring (bicyclic) bond motifs is 5. The molecule has 4 aliphatic carbocycles. The van der Waals surface area contributed by atoms with Crippen molar-refractivity contribution in [1.82, 2.24) is 0 Å². The summed E-state index contributed by atoms with van der Waals surface area (Å²) in [4.78, 5) is 11.4. The fraction of sp³-hybridized carbons (Fsp3) is 0.962. The van der Waals surface area contributed by atoms with Crippen molar-refractivity contribution in [2.45, 2.75) is 97.9 Å². The maximum atomic E-state index is 11.6. The van der Waals surface area contributed by atoms with Crippen LogP contribution < -0.4 is 0 Å². The molecule has 4 aliphatic rings. The summed E-state index contributed by atoms with van der Waals surface area (Å²) >= 11 is 0. The average molecular weight is 437 g/mol. The molecule has 5 heteroatoms. The Bertz CT molecular complexity index is 695. The summed E-state index contributed by atoms with van der Waals surface area (Å²) in [5.41, 5.74) is -0.205. The molecule has 4 rings (SSSR count). The van der Waals surface area contributed by atoms with Crippen molar-refractivity contribution >= 4 is 5.97 Å². The monoisotopic (exact) mass is 436 g/mol. The molecule has 0 aromatic rings. The molecule has 0 radical (unpaired) electrons. The third-order valence-electron chi connectivity index (χ3n) is 11.1. The third-order valence-corrected chi connectivity index (χ3v) is 11.1. The molecule has 1 unspecified atom stereocenters. The van der Waals surface area contributed by atoms with Gasteiger partial charge in [0.05, 0.1) is 24.2 Å². The van der Waals surface area contributed by atoms with Crippen molar-refractivity contribution in [2.24, 2.45) is 58.2 Å². The van der Waals surface area contributed by atoms with Crippen LogP contribution in [-0.2, 0) is 4.79 Å². The minimum absolute atomic E-state index is 0.0619.